The van der Waals surface area contributed by atoms with E-state index in [4.69, 9.17) is 4.98 Å². The summed E-state index contributed by atoms with van der Waals surface area (Å²) in [4.78, 5) is 11.7. The van der Waals surface area contributed by atoms with Crippen LogP contribution in [-0.2, 0) is 0 Å². The van der Waals surface area contributed by atoms with Gasteiger partial charge >= 0.3 is 0 Å². The molecule has 0 saturated carbocycles. The van der Waals surface area contributed by atoms with Crippen LogP contribution in [0.25, 0.3) is 0 Å². The molecule has 2 N–H and O–H groups in total. The van der Waals surface area contributed by atoms with Crippen LogP contribution in [0.2, 0.25) is 0 Å². The minimum absolute atomic E-state index is 0.193. The van der Waals surface area contributed by atoms with Crippen molar-refractivity contribution in [3.63, 3.8) is 0 Å². The lowest BCUT2D eigenvalue weighted by Gasteiger charge is -2.36. The van der Waals surface area contributed by atoms with Gasteiger partial charge in [-0.1, -0.05) is 20.8 Å². The van der Waals surface area contributed by atoms with E-state index in [-0.39, 0.29) is 12.0 Å². The zero-order valence-corrected chi connectivity index (χ0v) is 13.8. The van der Waals surface area contributed by atoms with Crippen LogP contribution < -0.4 is 10.2 Å². The van der Waals surface area contributed by atoms with Gasteiger partial charge in [0, 0.05) is 31.1 Å². The number of nitrogens with one attached hydrogen (secondary N) is 1. The maximum absolute atomic E-state index is 9.92. The number of rotatable bonds is 4. The van der Waals surface area contributed by atoms with E-state index in [0.717, 1.165) is 49.1 Å². The third kappa shape index (κ3) is 3.46. The monoisotopic (exact) mass is 292 g/mol. The number of piperidine rings is 1. The van der Waals surface area contributed by atoms with Gasteiger partial charge < -0.3 is 15.3 Å². The Morgan fingerprint density at radius 3 is 2.67 bits per heavy atom. The van der Waals surface area contributed by atoms with Crippen molar-refractivity contribution in [3.8, 4) is 0 Å². The van der Waals surface area contributed by atoms with Crippen molar-refractivity contribution in [3.05, 3.63) is 11.4 Å². The Balaban J connectivity index is 2.37. The van der Waals surface area contributed by atoms with Crippen LogP contribution in [0.3, 0.4) is 0 Å². The van der Waals surface area contributed by atoms with E-state index in [1.54, 1.807) is 0 Å². The standard InChI is InChI=1S/C16H28N4O/c1-6-17-15-12(5)16(19-14(18-15)10(2)3)20-8-7-13(21)11(4)9-20/h10-11,13,21H,6-9H2,1-5H3,(H,17,18,19). The van der Waals surface area contributed by atoms with Gasteiger partial charge in [-0.2, -0.15) is 0 Å². The summed E-state index contributed by atoms with van der Waals surface area (Å²) < 4.78 is 0. The fourth-order valence-electron chi connectivity index (χ4n) is 2.75. The highest BCUT2D eigenvalue weighted by Gasteiger charge is 2.27. The molecule has 0 radical (unpaired) electrons. The molecule has 1 aliphatic heterocycles. The Labute approximate surface area is 127 Å². The zero-order valence-electron chi connectivity index (χ0n) is 13.8. The van der Waals surface area contributed by atoms with Crippen LogP contribution in [0, 0.1) is 12.8 Å². The topological polar surface area (TPSA) is 61.3 Å². The second-order valence-electron chi connectivity index (χ2n) is 6.34. The molecule has 2 unspecified atom stereocenters. The van der Waals surface area contributed by atoms with E-state index in [0.29, 0.717) is 5.92 Å². The summed E-state index contributed by atoms with van der Waals surface area (Å²) in [7, 11) is 0. The molecule has 0 aromatic carbocycles. The smallest absolute Gasteiger partial charge is 0.137 e. The number of aromatic nitrogens is 2. The van der Waals surface area contributed by atoms with E-state index < -0.39 is 0 Å². The van der Waals surface area contributed by atoms with Crippen molar-refractivity contribution in [2.24, 2.45) is 5.92 Å². The summed E-state index contributed by atoms with van der Waals surface area (Å²) >= 11 is 0. The highest BCUT2D eigenvalue weighted by atomic mass is 16.3. The van der Waals surface area contributed by atoms with Gasteiger partial charge in [0.15, 0.2) is 0 Å². The van der Waals surface area contributed by atoms with E-state index in [1.165, 1.54) is 0 Å². The molecular weight excluding hydrogens is 264 g/mol. The maximum atomic E-state index is 9.92. The molecule has 1 aliphatic rings. The highest BCUT2D eigenvalue weighted by molar-refractivity contribution is 5.59. The van der Waals surface area contributed by atoms with Gasteiger partial charge in [0.1, 0.15) is 17.5 Å². The lowest BCUT2D eigenvalue weighted by molar-refractivity contribution is 0.0968. The predicted molar refractivity (Wildman–Crippen MR) is 87.0 cm³/mol. The molecule has 0 spiro atoms. The Morgan fingerprint density at radius 2 is 2.10 bits per heavy atom. The number of aliphatic hydroxyl groups excluding tert-OH is 1. The Bertz CT molecular complexity index is 489. The third-order valence-electron chi connectivity index (χ3n) is 4.16. The molecule has 2 heterocycles. The quantitative estimate of drug-likeness (QED) is 0.893. The molecule has 1 aromatic rings. The fraction of sp³-hybridized carbons (Fsp3) is 0.750. The highest BCUT2D eigenvalue weighted by Crippen LogP contribution is 2.29. The Hall–Kier alpha value is -1.36. The van der Waals surface area contributed by atoms with E-state index in [1.807, 2.05) is 0 Å². The maximum Gasteiger partial charge on any atom is 0.137 e. The van der Waals surface area contributed by atoms with E-state index >= 15 is 0 Å². The molecule has 118 valence electrons. The van der Waals surface area contributed by atoms with Crippen molar-refractivity contribution in [2.45, 2.75) is 53.1 Å². The van der Waals surface area contributed by atoms with Crippen molar-refractivity contribution < 1.29 is 5.11 Å². The summed E-state index contributed by atoms with van der Waals surface area (Å²) in [5, 5.41) is 13.3. The molecule has 0 aliphatic carbocycles. The molecule has 0 bridgehead atoms. The summed E-state index contributed by atoms with van der Waals surface area (Å²) in [6.45, 7) is 13.0. The fourth-order valence-corrected chi connectivity index (χ4v) is 2.75. The molecule has 21 heavy (non-hydrogen) atoms. The van der Waals surface area contributed by atoms with Gasteiger partial charge in [-0.05, 0) is 26.2 Å². The van der Waals surface area contributed by atoms with Crippen molar-refractivity contribution in [1.29, 1.82) is 0 Å². The molecule has 0 amide bonds. The van der Waals surface area contributed by atoms with E-state index in [2.05, 4.69) is 49.8 Å². The largest absolute Gasteiger partial charge is 0.393 e. The van der Waals surface area contributed by atoms with Gasteiger partial charge in [0.25, 0.3) is 0 Å². The number of hydrogen-bond acceptors (Lipinski definition) is 5. The number of nitrogens with zero attached hydrogens (tertiary/aromatic N) is 3. The Kier molecular flexibility index (Phi) is 5.04. The molecule has 5 nitrogen and oxygen atoms in total. The van der Waals surface area contributed by atoms with Gasteiger partial charge in [-0.15, -0.1) is 0 Å². The average Bonchev–Trinajstić information content (AvgIpc) is 2.44. The number of hydrogen-bond donors (Lipinski definition) is 2. The average molecular weight is 292 g/mol. The molecule has 1 aromatic heterocycles. The SMILES string of the molecule is CCNc1nc(C(C)C)nc(N2CCC(O)C(C)C2)c1C. The van der Waals surface area contributed by atoms with Crippen LogP contribution in [0.1, 0.15) is 51.4 Å². The first-order valence-electron chi connectivity index (χ1n) is 7.99. The number of anilines is 2. The van der Waals surface area contributed by atoms with Crippen LogP contribution in [0.15, 0.2) is 0 Å². The second kappa shape index (κ2) is 6.60. The van der Waals surface area contributed by atoms with E-state index in [9.17, 15) is 5.11 Å². The van der Waals surface area contributed by atoms with Gasteiger partial charge in [-0.3, -0.25) is 0 Å². The molecule has 1 saturated heterocycles. The van der Waals surface area contributed by atoms with Crippen LogP contribution in [-0.4, -0.2) is 40.8 Å². The third-order valence-corrected chi connectivity index (χ3v) is 4.16. The molecule has 2 rings (SSSR count). The second-order valence-corrected chi connectivity index (χ2v) is 6.34. The number of aliphatic hydroxyl groups is 1. The Morgan fingerprint density at radius 1 is 1.38 bits per heavy atom. The normalized spacial score (nSPS) is 22.7. The van der Waals surface area contributed by atoms with Crippen LogP contribution in [0.4, 0.5) is 11.6 Å². The van der Waals surface area contributed by atoms with Crippen molar-refractivity contribution in [1.82, 2.24) is 9.97 Å². The lowest BCUT2D eigenvalue weighted by atomic mass is 9.96. The summed E-state index contributed by atoms with van der Waals surface area (Å²) in [6, 6.07) is 0. The van der Waals surface area contributed by atoms with Crippen LogP contribution >= 0.6 is 0 Å². The minimum atomic E-state index is -0.193. The molecule has 2 atom stereocenters. The predicted octanol–water partition coefficient (Wildman–Crippen LogP) is 2.55. The molecule has 1 fully saturated rings. The van der Waals surface area contributed by atoms with Gasteiger partial charge in [-0.25, -0.2) is 9.97 Å². The van der Waals surface area contributed by atoms with Crippen LogP contribution in [0.5, 0.6) is 0 Å². The van der Waals surface area contributed by atoms with Crippen molar-refractivity contribution in [2.75, 3.05) is 29.9 Å². The first-order valence-corrected chi connectivity index (χ1v) is 7.99. The summed E-state index contributed by atoms with van der Waals surface area (Å²) in [6.07, 6.45) is 0.610. The zero-order chi connectivity index (χ0) is 15.6. The van der Waals surface area contributed by atoms with Crippen molar-refractivity contribution >= 4 is 11.6 Å². The first-order chi connectivity index (χ1) is 9.93. The summed E-state index contributed by atoms with van der Waals surface area (Å²) in [5.41, 5.74) is 1.10. The van der Waals surface area contributed by atoms with Gasteiger partial charge in [0.05, 0.1) is 6.10 Å². The molecular formula is C16H28N4O. The first kappa shape index (κ1) is 16.0. The molecule has 5 heteroatoms. The lowest BCUT2D eigenvalue weighted by Crippen LogP contribution is -2.42. The minimum Gasteiger partial charge on any atom is -0.393 e. The van der Waals surface area contributed by atoms with Gasteiger partial charge in [0.2, 0.25) is 0 Å². The summed E-state index contributed by atoms with van der Waals surface area (Å²) in [5.74, 6) is 3.41.